The number of nitrogens with one attached hydrogen (secondary N) is 2. The minimum absolute atomic E-state index is 0.337. The van der Waals surface area contributed by atoms with Gasteiger partial charge in [-0.1, -0.05) is 30.2 Å². The molecule has 1 atom stereocenters. The first kappa shape index (κ1) is 21.8. The lowest BCUT2D eigenvalue weighted by atomic mass is 9.77. The Morgan fingerprint density at radius 2 is 1.87 bits per heavy atom. The average molecular weight is 461 g/mol. The number of hydrogen-bond donors (Lipinski definition) is 2. The van der Waals surface area contributed by atoms with Crippen LogP contribution in [0.2, 0.25) is 5.02 Å². The third kappa shape index (κ3) is 4.21. The number of ether oxygens (including phenoxy) is 1. The van der Waals surface area contributed by atoms with Crippen molar-refractivity contribution in [2.75, 3.05) is 11.0 Å². The third-order valence-corrected chi connectivity index (χ3v) is 7.04. The minimum atomic E-state index is -3.40. The van der Waals surface area contributed by atoms with Crippen molar-refractivity contribution in [1.29, 1.82) is 5.41 Å². The van der Waals surface area contributed by atoms with Crippen LogP contribution in [0.1, 0.15) is 49.1 Å². The maximum absolute atomic E-state index is 12.8. The minimum Gasteiger partial charge on any atom is -0.452 e. The molecule has 1 aliphatic carbocycles. The van der Waals surface area contributed by atoms with E-state index in [1.165, 1.54) is 0 Å². The summed E-state index contributed by atoms with van der Waals surface area (Å²) in [4.78, 5) is 12.8. The Bertz CT molecular complexity index is 1170. The number of hydrogen-bond acceptors (Lipinski definition) is 5. The van der Waals surface area contributed by atoms with Gasteiger partial charge < -0.3 is 10.1 Å². The third-order valence-electron chi connectivity index (χ3n) is 6.12. The van der Waals surface area contributed by atoms with Gasteiger partial charge in [-0.25, -0.2) is 8.42 Å². The van der Waals surface area contributed by atoms with Gasteiger partial charge in [0.05, 0.1) is 12.0 Å². The van der Waals surface area contributed by atoms with E-state index in [1.54, 1.807) is 24.3 Å². The maximum atomic E-state index is 12.8. The van der Waals surface area contributed by atoms with E-state index in [0.29, 0.717) is 34.8 Å². The van der Waals surface area contributed by atoms with Crippen molar-refractivity contribution in [3.05, 3.63) is 52.5 Å². The van der Waals surface area contributed by atoms with Gasteiger partial charge in [0, 0.05) is 16.3 Å². The van der Waals surface area contributed by atoms with Gasteiger partial charge in [0.25, 0.3) is 0 Å². The number of carbonyl (C=O) groups is 1. The first-order chi connectivity index (χ1) is 14.6. The summed E-state index contributed by atoms with van der Waals surface area (Å²) in [7, 11) is -3.40. The molecular weight excluding hydrogens is 436 g/mol. The number of anilines is 1. The molecule has 1 aliphatic heterocycles. The van der Waals surface area contributed by atoms with Crippen molar-refractivity contribution in [2.45, 2.75) is 50.5 Å². The second-order valence-corrected chi connectivity index (χ2v) is 10.6. The summed E-state index contributed by atoms with van der Waals surface area (Å²) in [6.07, 6.45) is 5.53. The number of halogens is 1. The smallest absolute Gasteiger partial charge is 0.320 e. The fraction of sp³-hybridized carbons (Fsp3) is 0.391. The summed E-state index contributed by atoms with van der Waals surface area (Å²) in [6, 6.07) is 10.6. The van der Waals surface area contributed by atoms with E-state index < -0.39 is 21.5 Å². The molecule has 1 unspecified atom stereocenters. The molecular formula is C23H25ClN2O4S. The van der Waals surface area contributed by atoms with Gasteiger partial charge in [-0.2, -0.15) is 0 Å². The zero-order valence-corrected chi connectivity index (χ0v) is 19.1. The fourth-order valence-electron chi connectivity index (χ4n) is 4.66. The molecule has 0 radical (unpaired) electrons. The van der Waals surface area contributed by atoms with E-state index in [-0.39, 0.29) is 5.97 Å². The number of carbonyl (C=O) groups excluding carboxylic acids is 1. The summed E-state index contributed by atoms with van der Waals surface area (Å²) in [5.74, 6) is -1.11. The highest BCUT2D eigenvalue weighted by Gasteiger charge is 2.53. The monoisotopic (exact) mass is 460 g/mol. The molecule has 1 saturated carbocycles. The lowest BCUT2D eigenvalue weighted by Gasteiger charge is -2.31. The van der Waals surface area contributed by atoms with Crippen molar-refractivity contribution in [3.8, 4) is 11.1 Å². The van der Waals surface area contributed by atoms with Gasteiger partial charge in [-0.15, -0.1) is 0 Å². The topological polar surface area (TPSA) is 96.3 Å². The Hall–Kier alpha value is -2.38. The molecule has 31 heavy (non-hydrogen) atoms. The van der Waals surface area contributed by atoms with Crippen molar-refractivity contribution in [1.82, 2.24) is 0 Å². The van der Waals surface area contributed by atoms with Crippen LogP contribution in [0.4, 0.5) is 5.69 Å². The molecule has 2 aliphatic rings. The molecule has 2 aromatic rings. The zero-order chi connectivity index (χ0) is 22.4. The highest BCUT2D eigenvalue weighted by atomic mass is 35.5. The second kappa shape index (κ2) is 7.95. The van der Waals surface area contributed by atoms with Crippen molar-refractivity contribution in [2.24, 2.45) is 0 Å². The molecule has 2 N–H and O–H groups in total. The number of aryl methyl sites for hydroxylation is 1. The first-order valence-corrected chi connectivity index (χ1v) is 12.6. The van der Waals surface area contributed by atoms with E-state index in [4.69, 9.17) is 21.7 Å². The SMILES string of the molecule is Cc1cc(-c2cccc(NS(C)(=O)=O)c2)c(Cl)cc1C1C(=N)C2(CCCCC2)OC1=O. The van der Waals surface area contributed by atoms with E-state index >= 15 is 0 Å². The van der Waals surface area contributed by atoms with Crippen LogP contribution >= 0.6 is 11.6 Å². The summed E-state index contributed by atoms with van der Waals surface area (Å²) >= 11 is 6.61. The van der Waals surface area contributed by atoms with Crippen LogP contribution in [0, 0.1) is 12.3 Å². The highest BCUT2D eigenvalue weighted by molar-refractivity contribution is 7.92. The summed E-state index contributed by atoms with van der Waals surface area (Å²) in [5.41, 5.74) is 3.02. The molecule has 6 nitrogen and oxygen atoms in total. The fourth-order valence-corrected chi connectivity index (χ4v) is 5.49. The Labute approximate surface area is 187 Å². The molecule has 8 heteroatoms. The van der Waals surface area contributed by atoms with Crippen molar-refractivity contribution >= 4 is 39.0 Å². The number of rotatable bonds is 4. The molecule has 4 rings (SSSR count). The molecule has 0 aromatic heterocycles. The van der Waals surface area contributed by atoms with Crippen molar-refractivity contribution < 1.29 is 17.9 Å². The number of sulfonamides is 1. The Kier molecular flexibility index (Phi) is 5.60. The molecule has 1 heterocycles. The second-order valence-electron chi connectivity index (χ2n) is 8.47. The van der Waals surface area contributed by atoms with Crippen LogP contribution in [0.3, 0.4) is 0 Å². The van der Waals surface area contributed by atoms with Gasteiger partial charge in [0.2, 0.25) is 10.0 Å². The maximum Gasteiger partial charge on any atom is 0.320 e. The van der Waals surface area contributed by atoms with Crippen LogP contribution in [0.25, 0.3) is 11.1 Å². The summed E-state index contributed by atoms with van der Waals surface area (Å²) in [5, 5.41) is 9.19. The van der Waals surface area contributed by atoms with Crippen LogP contribution in [0.15, 0.2) is 36.4 Å². The molecule has 0 bridgehead atoms. The van der Waals surface area contributed by atoms with Gasteiger partial charge >= 0.3 is 5.97 Å². The van der Waals surface area contributed by atoms with Crippen LogP contribution in [0.5, 0.6) is 0 Å². The van der Waals surface area contributed by atoms with Gasteiger partial charge in [0.15, 0.2) is 5.60 Å². The highest BCUT2D eigenvalue weighted by Crippen LogP contribution is 2.45. The predicted octanol–water partition coefficient (Wildman–Crippen LogP) is 5.05. The lowest BCUT2D eigenvalue weighted by Crippen LogP contribution is -2.38. The van der Waals surface area contributed by atoms with Crippen LogP contribution < -0.4 is 4.72 Å². The first-order valence-electron chi connectivity index (χ1n) is 10.3. The Morgan fingerprint density at radius 1 is 1.16 bits per heavy atom. The van der Waals surface area contributed by atoms with Crippen molar-refractivity contribution in [3.63, 3.8) is 0 Å². The number of esters is 1. The molecule has 1 spiro atoms. The van der Waals surface area contributed by atoms with Gasteiger partial charge in [-0.05, 0) is 73.6 Å². The van der Waals surface area contributed by atoms with Crippen LogP contribution in [-0.4, -0.2) is 32.0 Å². The number of benzene rings is 2. The standard InChI is InChI=1S/C23H25ClN2O4S/c1-14-11-18(15-7-6-8-16(12-15)26-31(2,28)29)19(24)13-17(14)20-21(25)23(30-22(20)27)9-4-3-5-10-23/h6-8,11-13,20,25-26H,3-5,9-10H2,1-2H3. The predicted molar refractivity (Wildman–Crippen MR) is 122 cm³/mol. The summed E-state index contributed by atoms with van der Waals surface area (Å²) in [6.45, 7) is 1.89. The van der Waals surface area contributed by atoms with Gasteiger partial charge in [0.1, 0.15) is 5.92 Å². The van der Waals surface area contributed by atoms with E-state index in [9.17, 15) is 13.2 Å². The van der Waals surface area contributed by atoms with Gasteiger partial charge in [-0.3, -0.25) is 9.52 Å². The quantitative estimate of drug-likeness (QED) is 0.624. The van der Waals surface area contributed by atoms with E-state index in [1.807, 2.05) is 19.1 Å². The molecule has 164 valence electrons. The Morgan fingerprint density at radius 3 is 2.55 bits per heavy atom. The molecule has 2 aromatic carbocycles. The zero-order valence-electron chi connectivity index (χ0n) is 17.5. The molecule has 1 saturated heterocycles. The van der Waals surface area contributed by atoms with Crippen LogP contribution in [-0.2, 0) is 19.6 Å². The normalized spacial score (nSPS) is 20.7. The van der Waals surface area contributed by atoms with E-state index in [2.05, 4.69) is 4.72 Å². The molecule has 0 amide bonds. The Balaban J connectivity index is 1.69. The lowest BCUT2D eigenvalue weighted by molar-refractivity contribution is -0.149. The largest absolute Gasteiger partial charge is 0.452 e. The summed E-state index contributed by atoms with van der Waals surface area (Å²) < 4.78 is 31.3. The average Bonchev–Trinajstić information content (AvgIpc) is 2.92. The molecule has 2 fully saturated rings. The van der Waals surface area contributed by atoms with E-state index in [0.717, 1.165) is 42.2 Å².